The van der Waals surface area contributed by atoms with Crippen LogP contribution in [0.15, 0.2) is 41.8 Å². The number of rotatable bonds is 3. The number of carbonyl (C=O) groups excluding carboxylic acids is 3. The van der Waals surface area contributed by atoms with Crippen LogP contribution in [0.5, 0.6) is 5.75 Å². The average molecular weight is 369 g/mol. The molecule has 1 aliphatic heterocycles. The quantitative estimate of drug-likeness (QED) is 0.468. The van der Waals surface area contributed by atoms with Crippen molar-refractivity contribution in [2.75, 3.05) is 4.90 Å². The Kier molecular flexibility index (Phi) is 4.36. The first-order valence-corrected chi connectivity index (χ1v) is 9.66. The molecule has 0 spiro atoms. The maximum absolute atomic E-state index is 12.8. The number of esters is 1. The van der Waals surface area contributed by atoms with Gasteiger partial charge < -0.3 is 4.74 Å². The molecule has 1 aromatic carbocycles. The second-order valence-electron chi connectivity index (χ2n) is 7.01. The van der Waals surface area contributed by atoms with Gasteiger partial charge in [-0.2, -0.15) is 0 Å². The highest BCUT2D eigenvalue weighted by Crippen LogP contribution is 2.42. The summed E-state index contributed by atoms with van der Waals surface area (Å²) in [7, 11) is 0. The van der Waals surface area contributed by atoms with Crippen LogP contribution in [0.25, 0.3) is 0 Å². The Hall–Kier alpha value is -2.47. The summed E-state index contributed by atoms with van der Waals surface area (Å²) < 4.78 is 5.39. The fourth-order valence-electron chi connectivity index (χ4n) is 3.88. The smallest absolute Gasteiger partial charge is 0.353 e. The van der Waals surface area contributed by atoms with Crippen LogP contribution in [0, 0.1) is 17.8 Å². The Morgan fingerprint density at radius 2 is 1.92 bits per heavy atom. The van der Waals surface area contributed by atoms with Crippen LogP contribution in [0.1, 0.15) is 35.9 Å². The summed E-state index contributed by atoms with van der Waals surface area (Å²) in [6.45, 7) is 2.13. The molecule has 6 heteroatoms. The van der Waals surface area contributed by atoms with E-state index in [9.17, 15) is 14.4 Å². The van der Waals surface area contributed by atoms with Crippen molar-refractivity contribution in [2.45, 2.75) is 26.2 Å². The number of ether oxygens (including phenoxy) is 1. The largest absolute Gasteiger partial charge is 0.422 e. The van der Waals surface area contributed by atoms with Crippen molar-refractivity contribution in [2.24, 2.45) is 17.8 Å². The number of hydrogen-bond acceptors (Lipinski definition) is 5. The van der Waals surface area contributed by atoms with Gasteiger partial charge in [-0.25, -0.2) is 9.69 Å². The lowest BCUT2D eigenvalue weighted by Gasteiger charge is -2.25. The molecule has 1 aromatic heterocycles. The number of hydrogen-bond donors (Lipinski definition) is 0. The van der Waals surface area contributed by atoms with Gasteiger partial charge >= 0.3 is 5.97 Å². The first-order valence-electron chi connectivity index (χ1n) is 8.78. The maximum Gasteiger partial charge on any atom is 0.353 e. The number of benzene rings is 1. The van der Waals surface area contributed by atoms with Crippen molar-refractivity contribution < 1.29 is 19.1 Å². The van der Waals surface area contributed by atoms with Gasteiger partial charge in [0, 0.05) is 6.07 Å². The fourth-order valence-corrected chi connectivity index (χ4v) is 4.48. The molecule has 3 atom stereocenters. The van der Waals surface area contributed by atoms with Gasteiger partial charge in [-0.15, -0.1) is 11.3 Å². The zero-order valence-corrected chi connectivity index (χ0v) is 15.2. The lowest BCUT2D eigenvalue weighted by Crippen LogP contribution is -2.30. The standard InChI is InChI=1S/C20H19NO4S/c1-12-7-8-15-16(10-12)19(23)21(18(15)22)13-4-2-5-14(11-13)25-20(24)17-6-3-9-26-17/h2-6,9,11-12,15-16H,7-8,10H2,1H3/t12-,15-,16-/m1/s1. The summed E-state index contributed by atoms with van der Waals surface area (Å²) in [6, 6.07) is 10.1. The van der Waals surface area contributed by atoms with Crippen LogP contribution < -0.4 is 9.64 Å². The molecule has 1 aliphatic carbocycles. The van der Waals surface area contributed by atoms with E-state index in [1.54, 1.807) is 41.8 Å². The van der Waals surface area contributed by atoms with E-state index in [0.717, 1.165) is 19.3 Å². The maximum atomic E-state index is 12.8. The molecule has 0 radical (unpaired) electrons. The molecule has 1 saturated heterocycles. The molecule has 0 unspecified atom stereocenters. The molecule has 2 aliphatic rings. The van der Waals surface area contributed by atoms with E-state index in [1.165, 1.54) is 16.2 Å². The van der Waals surface area contributed by atoms with Gasteiger partial charge in [0.05, 0.1) is 17.5 Å². The minimum absolute atomic E-state index is 0.131. The molecule has 2 heterocycles. The predicted octanol–water partition coefficient (Wildman–Crippen LogP) is 3.89. The molecular weight excluding hydrogens is 350 g/mol. The summed E-state index contributed by atoms with van der Waals surface area (Å²) in [5, 5.41) is 1.80. The summed E-state index contributed by atoms with van der Waals surface area (Å²) in [4.78, 5) is 39.5. The number of nitrogens with zero attached hydrogens (tertiary/aromatic N) is 1. The third-order valence-corrected chi connectivity index (χ3v) is 6.05. The molecule has 26 heavy (non-hydrogen) atoms. The summed E-state index contributed by atoms with van der Waals surface area (Å²) in [6.07, 6.45) is 2.51. The Morgan fingerprint density at radius 1 is 1.12 bits per heavy atom. The number of imide groups is 1. The van der Waals surface area contributed by atoms with Crippen molar-refractivity contribution in [3.63, 3.8) is 0 Å². The van der Waals surface area contributed by atoms with Gasteiger partial charge in [0.1, 0.15) is 10.6 Å². The summed E-state index contributed by atoms with van der Waals surface area (Å²) >= 11 is 1.30. The molecule has 5 nitrogen and oxygen atoms in total. The van der Waals surface area contributed by atoms with Crippen molar-refractivity contribution >= 4 is 34.8 Å². The number of amides is 2. The van der Waals surface area contributed by atoms with Crippen LogP contribution in [-0.2, 0) is 9.59 Å². The molecule has 1 saturated carbocycles. The van der Waals surface area contributed by atoms with E-state index in [1.807, 2.05) is 0 Å². The molecule has 2 aromatic rings. The highest BCUT2D eigenvalue weighted by Gasteiger charge is 2.50. The number of carbonyl (C=O) groups is 3. The second-order valence-corrected chi connectivity index (χ2v) is 7.95. The lowest BCUT2D eigenvalue weighted by atomic mass is 9.76. The van der Waals surface area contributed by atoms with Crippen molar-refractivity contribution in [1.29, 1.82) is 0 Å². The van der Waals surface area contributed by atoms with Crippen LogP contribution in [-0.4, -0.2) is 17.8 Å². The zero-order valence-electron chi connectivity index (χ0n) is 14.4. The number of thiophene rings is 1. The minimum atomic E-state index is -0.446. The molecule has 2 fully saturated rings. The van der Waals surface area contributed by atoms with Gasteiger partial charge in [-0.3, -0.25) is 9.59 Å². The Labute approximate surface area is 155 Å². The Bertz CT molecular complexity index is 860. The first-order chi connectivity index (χ1) is 12.5. The van der Waals surface area contributed by atoms with Gasteiger partial charge in [-0.05, 0) is 48.8 Å². The first kappa shape index (κ1) is 17.0. The van der Waals surface area contributed by atoms with Gasteiger partial charge in [0.25, 0.3) is 0 Å². The molecule has 4 rings (SSSR count). The predicted molar refractivity (Wildman–Crippen MR) is 98.2 cm³/mol. The zero-order chi connectivity index (χ0) is 18.3. The van der Waals surface area contributed by atoms with E-state index >= 15 is 0 Å². The minimum Gasteiger partial charge on any atom is -0.422 e. The summed E-state index contributed by atoms with van der Waals surface area (Å²) in [5.74, 6) is -0.351. The van der Waals surface area contributed by atoms with Gasteiger partial charge in [0.15, 0.2) is 0 Å². The normalized spacial score (nSPS) is 25.3. The molecule has 0 bridgehead atoms. The average Bonchev–Trinajstić information content (AvgIpc) is 3.23. The SMILES string of the molecule is C[C@@H]1CC[C@H]2C(=O)N(c3cccc(OC(=O)c4cccs4)c3)C(=O)[C@@H]2C1. The fraction of sp³-hybridized carbons (Fsp3) is 0.350. The van der Waals surface area contributed by atoms with Crippen LogP contribution in [0.4, 0.5) is 5.69 Å². The molecule has 0 N–H and O–H groups in total. The van der Waals surface area contributed by atoms with Crippen molar-refractivity contribution in [3.8, 4) is 5.75 Å². The third-order valence-electron chi connectivity index (χ3n) is 5.20. The van der Waals surface area contributed by atoms with E-state index < -0.39 is 5.97 Å². The highest BCUT2D eigenvalue weighted by atomic mass is 32.1. The van der Waals surface area contributed by atoms with Gasteiger partial charge in [-0.1, -0.05) is 19.1 Å². The Balaban J connectivity index is 1.57. The lowest BCUT2D eigenvalue weighted by molar-refractivity contribution is -0.122. The molecule has 2 amide bonds. The third kappa shape index (κ3) is 2.94. The van der Waals surface area contributed by atoms with E-state index in [-0.39, 0.29) is 23.7 Å². The van der Waals surface area contributed by atoms with Crippen LogP contribution in [0.3, 0.4) is 0 Å². The Morgan fingerprint density at radius 3 is 2.69 bits per heavy atom. The van der Waals surface area contributed by atoms with E-state index in [0.29, 0.717) is 22.2 Å². The highest BCUT2D eigenvalue weighted by molar-refractivity contribution is 7.12. The van der Waals surface area contributed by atoms with Crippen molar-refractivity contribution in [3.05, 3.63) is 46.7 Å². The van der Waals surface area contributed by atoms with E-state index in [4.69, 9.17) is 4.74 Å². The number of fused-ring (bicyclic) bond motifs is 1. The van der Waals surface area contributed by atoms with Crippen LogP contribution in [0.2, 0.25) is 0 Å². The van der Waals surface area contributed by atoms with Crippen molar-refractivity contribution in [1.82, 2.24) is 0 Å². The van der Waals surface area contributed by atoms with Gasteiger partial charge in [0.2, 0.25) is 11.8 Å². The molecular formula is C20H19NO4S. The summed E-state index contributed by atoms with van der Waals surface area (Å²) in [5.41, 5.74) is 0.471. The number of anilines is 1. The van der Waals surface area contributed by atoms with Crippen LogP contribution >= 0.6 is 11.3 Å². The monoisotopic (exact) mass is 369 g/mol. The molecule has 134 valence electrons. The second kappa shape index (κ2) is 6.68. The topological polar surface area (TPSA) is 63.7 Å². The van der Waals surface area contributed by atoms with E-state index in [2.05, 4.69) is 6.92 Å².